The number of likely N-dealkylation sites (N-methyl/N-ethyl adjacent to an activating group) is 1. The van der Waals surface area contributed by atoms with E-state index in [0.717, 1.165) is 47.9 Å². The third kappa shape index (κ3) is 4.50. The van der Waals surface area contributed by atoms with Crippen molar-refractivity contribution >= 4 is 23.4 Å². The molecule has 2 aliphatic heterocycles. The van der Waals surface area contributed by atoms with Crippen LogP contribution in [0.4, 0.5) is 11.6 Å². The fraction of sp³-hybridized carbons (Fsp3) is 0.400. The highest BCUT2D eigenvalue weighted by Crippen LogP contribution is 2.32. The minimum absolute atomic E-state index is 0.00868. The zero-order chi connectivity index (χ0) is 26.2. The number of fused-ring (bicyclic) bond motifs is 1. The van der Waals surface area contributed by atoms with Crippen LogP contribution in [-0.4, -0.2) is 69.6 Å². The Morgan fingerprint density at radius 1 is 1.19 bits per heavy atom. The lowest BCUT2D eigenvalue weighted by Crippen LogP contribution is -2.55. The van der Waals surface area contributed by atoms with E-state index in [-0.39, 0.29) is 11.7 Å². The van der Waals surface area contributed by atoms with E-state index in [4.69, 9.17) is 21.1 Å². The molecule has 3 heterocycles. The lowest BCUT2D eigenvalue weighted by molar-refractivity contribution is -0.135. The molecule has 5 rings (SSSR count). The molecule has 2 atom stereocenters. The van der Waals surface area contributed by atoms with E-state index >= 15 is 0 Å². The number of likely N-dealkylation sites (tertiary alicyclic amines) is 1. The largest absolute Gasteiger partial charge is 0.384 e. The molecule has 1 saturated heterocycles. The van der Waals surface area contributed by atoms with Crippen molar-refractivity contribution in [2.75, 3.05) is 36.9 Å². The van der Waals surface area contributed by atoms with Gasteiger partial charge in [-0.3, -0.25) is 20.2 Å². The average molecular weight is 502 g/mol. The zero-order valence-corrected chi connectivity index (χ0v) is 21.2. The molecular formula is C25H31N11O. The summed E-state index contributed by atoms with van der Waals surface area (Å²) in [7, 11) is 1.80. The molecule has 0 bridgehead atoms. The van der Waals surface area contributed by atoms with Crippen LogP contribution in [0.3, 0.4) is 0 Å². The number of H-pyrrole nitrogens is 1. The van der Waals surface area contributed by atoms with Crippen LogP contribution in [0.15, 0.2) is 52.4 Å². The van der Waals surface area contributed by atoms with Gasteiger partial charge in [-0.05, 0) is 73.9 Å². The van der Waals surface area contributed by atoms with Crippen LogP contribution < -0.4 is 26.7 Å². The number of nitrogens with zero attached hydrogens (tertiary/aromatic N) is 7. The third-order valence-electron chi connectivity index (χ3n) is 7.20. The van der Waals surface area contributed by atoms with E-state index in [1.165, 1.54) is 0 Å². The summed E-state index contributed by atoms with van der Waals surface area (Å²) in [5, 5.41) is 26.8. The van der Waals surface area contributed by atoms with Crippen LogP contribution in [-0.2, 0) is 10.3 Å². The summed E-state index contributed by atoms with van der Waals surface area (Å²) in [6.45, 7) is 5.79. The molecule has 2 aliphatic rings. The Bertz CT molecular complexity index is 1430. The van der Waals surface area contributed by atoms with Crippen molar-refractivity contribution in [3.63, 3.8) is 0 Å². The fourth-order valence-corrected chi connectivity index (χ4v) is 4.86. The maximum atomic E-state index is 13.9. The molecule has 0 spiro atoms. The van der Waals surface area contributed by atoms with E-state index < -0.39 is 11.2 Å². The number of aromatic amines is 1. The highest BCUT2D eigenvalue weighted by atomic mass is 16.2. The molecule has 37 heavy (non-hydrogen) atoms. The number of amidine groups is 1. The van der Waals surface area contributed by atoms with Crippen molar-refractivity contribution in [3.8, 4) is 0 Å². The summed E-state index contributed by atoms with van der Waals surface area (Å²) in [5.74, 6) is 0.360. The van der Waals surface area contributed by atoms with Gasteiger partial charge in [0.2, 0.25) is 0 Å². The molecule has 0 radical (unpaired) electrons. The van der Waals surface area contributed by atoms with Gasteiger partial charge in [0.15, 0.2) is 5.66 Å². The fourth-order valence-electron chi connectivity index (χ4n) is 4.86. The number of carbonyl (C=O) groups excluding carboxylic acids is 1. The lowest BCUT2D eigenvalue weighted by atomic mass is 9.88. The average Bonchev–Trinajstić information content (AvgIpc) is 3.67. The van der Waals surface area contributed by atoms with Gasteiger partial charge in [0.05, 0.1) is 17.3 Å². The zero-order valence-electron chi connectivity index (χ0n) is 21.2. The minimum atomic E-state index is -1.06. The van der Waals surface area contributed by atoms with Gasteiger partial charge in [0.1, 0.15) is 11.4 Å². The van der Waals surface area contributed by atoms with E-state index in [9.17, 15) is 4.79 Å². The van der Waals surface area contributed by atoms with Crippen molar-refractivity contribution in [1.29, 1.82) is 5.41 Å². The number of benzene rings is 2. The van der Waals surface area contributed by atoms with Crippen molar-refractivity contribution in [2.24, 2.45) is 15.7 Å². The highest BCUT2D eigenvalue weighted by molar-refractivity contribution is 5.95. The first-order valence-corrected chi connectivity index (χ1v) is 12.2. The normalized spacial score (nSPS) is 19.9. The van der Waals surface area contributed by atoms with E-state index in [1.807, 2.05) is 49.1 Å². The Labute approximate surface area is 214 Å². The summed E-state index contributed by atoms with van der Waals surface area (Å²) in [4.78, 5) is 27.3. The molecule has 3 aromatic rings. The van der Waals surface area contributed by atoms with Gasteiger partial charge >= 0.3 is 0 Å². The third-order valence-corrected chi connectivity index (χ3v) is 7.20. The SMILES string of the molecule is CN(c1nn[nH]n1)C(C)(C(=O)N1CCCC1)c1ccc2c(c1)=NC(C)(CNc1ccc(C(=N)N)cc1)N=2. The number of aromatic nitrogens is 4. The number of rotatable bonds is 8. The van der Waals surface area contributed by atoms with Crippen molar-refractivity contribution in [1.82, 2.24) is 25.5 Å². The first-order chi connectivity index (χ1) is 17.7. The van der Waals surface area contributed by atoms with Gasteiger partial charge in [-0.15, -0.1) is 5.10 Å². The maximum Gasteiger partial charge on any atom is 0.266 e. The van der Waals surface area contributed by atoms with Crippen LogP contribution in [0.25, 0.3) is 0 Å². The lowest BCUT2D eigenvalue weighted by Gasteiger charge is -2.39. The van der Waals surface area contributed by atoms with Gasteiger partial charge in [-0.25, -0.2) is 0 Å². The van der Waals surface area contributed by atoms with Gasteiger partial charge < -0.3 is 20.9 Å². The number of nitrogens with one attached hydrogen (secondary N) is 3. The number of carbonyl (C=O) groups is 1. The maximum absolute atomic E-state index is 13.9. The van der Waals surface area contributed by atoms with Crippen molar-refractivity contribution in [3.05, 3.63) is 64.3 Å². The molecule has 192 valence electrons. The number of hydrogen-bond acceptors (Lipinski definition) is 9. The Morgan fingerprint density at radius 2 is 1.89 bits per heavy atom. The molecule has 1 aromatic heterocycles. The molecule has 12 heteroatoms. The Kier molecular flexibility index (Phi) is 6.10. The molecule has 12 nitrogen and oxygen atoms in total. The van der Waals surface area contributed by atoms with Crippen LogP contribution in [0.5, 0.6) is 0 Å². The molecular weight excluding hydrogens is 470 g/mol. The van der Waals surface area contributed by atoms with Gasteiger partial charge in [0.25, 0.3) is 11.9 Å². The Balaban J connectivity index is 1.44. The summed E-state index contributed by atoms with van der Waals surface area (Å²) >= 11 is 0. The van der Waals surface area contributed by atoms with E-state index in [2.05, 4.69) is 25.9 Å². The number of nitrogen functional groups attached to an aromatic ring is 1. The smallest absolute Gasteiger partial charge is 0.266 e. The second-order valence-corrected chi connectivity index (χ2v) is 9.83. The molecule has 0 aliphatic carbocycles. The first-order valence-electron chi connectivity index (χ1n) is 12.2. The topological polar surface area (TPSA) is 165 Å². The molecule has 1 fully saturated rings. The number of hydrogen-bond donors (Lipinski definition) is 4. The summed E-state index contributed by atoms with van der Waals surface area (Å²) < 4.78 is 0. The molecule has 0 saturated carbocycles. The summed E-state index contributed by atoms with van der Waals surface area (Å²) in [6, 6.07) is 13.1. The quantitative estimate of drug-likeness (QED) is 0.258. The monoisotopic (exact) mass is 501 g/mol. The number of nitrogens with two attached hydrogens (primary N) is 1. The summed E-state index contributed by atoms with van der Waals surface area (Å²) in [6.07, 6.45) is 1.99. The predicted octanol–water partition coefficient (Wildman–Crippen LogP) is 0.539. The number of anilines is 2. The molecule has 5 N–H and O–H groups in total. The van der Waals surface area contributed by atoms with E-state index in [1.54, 1.807) is 24.1 Å². The van der Waals surface area contributed by atoms with Gasteiger partial charge in [-0.2, -0.15) is 5.21 Å². The Hall–Kier alpha value is -4.35. The number of amides is 1. The van der Waals surface area contributed by atoms with Crippen molar-refractivity contribution in [2.45, 2.75) is 37.9 Å². The Morgan fingerprint density at radius 3 is 2.54 bits per heavy atom. The number of tetrazole rings is 1. The molecule has 1 amide bonds. The highest BCUT2D eigenvalue weighted by Gasteiger charge is 2.44. The second kappa shape index (κ2) is 9.26. The van der Waals surface area contributed by atoms with Gasteiger partial charge in [-0.1, -0.05) is 11.2 Å². The first kappa shape index (κ1) is 24.3. The van der Waals surface area contributed by atoms with E-state index in [0.29, 0.717) is 18.1 Å². The predicted molar refractivity (Wildman–Crippen MR) is 139 cm³/mol. The van der Waals surface area contributed by atoms with Crippen LogP contribution >= 0.6 is 0 Å². The molecule has 2 unspecified atom stereocenters. The van der Waals surface area contributed by atoms with Crippen LogP contribution in [0.2, 0.25) is 0 Å². The van der Waals surface area contributed by atoms with Crippen LogP contribution in [0.1, 0.15) is 37.8 Å². The summed E-state index contributed by atoms with van der Waals surface area (Å²) in [5.41, 5.74) is 6.11. The van der Waals surface area contributed by atoms with Gasteiger partial charge in [0, 0.05) is 31.4 Å². The second-order valence-electron chi connectivity index (χ2n) is 9.83. The standard InChI is InChI=1S/C25H31N11O/c1-24(15-28-18-9-6-16(7-10-18)21(26)27)29-19-11-8-17(14-20(19)30-24)25(2,22(37)36-12-4-5-13-36)35(3)23-31-33-34-32-23/h6-11,14,28H,4-5,12-13,15H2,1-3H3,(H3,26,27)(H,31,32,33,34). The minimum Gasteiger partial charge on any atom is -0.384 e. The van der Waals surface area contributed by atoms with Crippen molar-refractivity contribution < 1.29 is 4.79 Å². The van der Waals surface area contributed by atoms with Crippen LogP contribution in [0, 0.1) is 5.41 Å². The molecule has 2 aromatic carbocycles.